The first kappa shape index (κ1) is 26.9. The summed E-state index contributed by atoms with van der Waals surface area (Å²) in [7, 11) is 0. The summed E-state index contributed by atoms with van der Waals surface area (Å²) >= 11 is 0. The molecule has 0 aliphatic heterocycles. The maximum Gasteiger partial charge on any atom is 0.389 e. The zero-order chi connectivity index (χ0) is 27.9. The number of amides is 2. The number of primary amides is 1. The van der Waals surface area contributed by atoms with Crippen molar-refractivity contribution in [3.8, 4) is 0 Å². The molecule has 0 unspecified atom stereocenters. The van der Waals surface area contributed by atoms with Crippen LogP contribution < -0.4 is 11.1 Å². The van der Waals surface area contributed by atoms with E-state index >= 15 is 0 Å². The molecule has 10 nitrogen and oxygen atoms in total. The van der Waals surface area contributed by atoms with Crippen LogP contribution in [0.25, 0.3) is 5.65 Å². The lowest BCUT2D eigenvalue weighted by molar-refractivity contribution is -0.144. The number of carbonyl (C=O) groups excluding carboxylic acids is 2. The molecule has 3 heterocycles. The van der Waals surface area contributed by atoms with Crippen LogP contribution in [0.4, 0.5) is 22.0 Å². The molecule has 0 bridgehead atoms. The van der Waals surface area contributed by atoms with E-state index in [0.717, 1.165) is 12.8 Å². The quantitative estimate of drug-likeness (QED) is 0.387. The summed E-state index contributed by atoms with van der Waals surface area (Å²) in [4.78, 5) is 29.8. The maximum absolute atomic E-state index is 13.9. The van der Waals surface area contributed by atoms with E-state index in [9.17, 15) is 31.5 Å². The molecule has 39 heavy (non-hydrogen) atoms. The first-order chi connectivity index (χ1) is 18.4. The third-order valence-electron chi connectivity index (χ3n) is 7.29. The van der Waals surface area contributed by atoms with Gasteiger partial charge >= 0.3 is 6.18 Å². The third kappa shape index (κ3) is 6.33. The van der Waals surface area contributed by atoms with Crippen molar-refractivity contribution in [2.24, 2.45) is 17.6 Å². The molecule has 5 rings (SSSR count). The predicted molar refractivity (Wildman–Crippen MR) is 125 cm³/mol. The Hall–Kier alpha value is -3.65. The minimum atomic E-state index is -4.43. The van der Waals surface area contributed by atoms with Gasteiger partial charge < -0.3 is 11.1 Å². The van der Waals surface area contributed by atoms with Gasteiger partial charge in [0.2, 0.25) is 11.8 Å². The van der Waals surface area contributed by atoms with E-state index in [-0.39, 0.29) is 43.2 Å². The van der Waals surface area contributed by atoms with Crippen LogP contribution in [0.2, 0.25) is 0 Å². The number of hydrogen-bond donors (Lipinski definition) is 2. The van der Waals surface area contributed by atoms with E-state index < -0.39 is 48.8 Å². The minimum Gasteiger partial charge on any atom is -0.364 e. The summed E-state index contributed by atoms with van der Waals surface area (Å²) in [6, 6.07) is 0.521. The molecule has 15 heteroatoms. The van der Waals surface area contributed by atoms with E-state index in [4.69, 9.17) is 5.73 Å². The summed E-state index contributed by atoms with van der Waals surface area (Å²) in [5, 5.41) is 15.4. The molecule has 3 aromatic heterocycles. The Morgan fingerprint density at radius 1 is 1.10 bits per heavy atom. The van der Waals surface area contributed by atoms with Crippen molar-refractivity contribution in [1.29, 1.82) is 0 Å². The number of nitrogens with two attached hydrogens (primary N) is 1. The Morgan fingerprint density at radius 3 is 2.44 bits per heavy atom. The van der Waals surface area contributed by atoms with Gasteiger partial charge in [0.1, 0.15) is 6.04 Å². The number of nitrogens with zero attached hydrogens (tertiary/aromatic N) is 6. The van der Waals surface area contributed by atoms with Gasteiger partial charge in [-0.15, -0.1) is 5.10 Å². The van der Waals surface area contributed by atoms with Crippen LogP contribution in [0.15, 0.2) is 24.7 Å². The second-order valence-electron chi connectivity index (χ2n) is 10.3. The van der Waals surface area contributed by atoms with Gasteiger partial charge in [-0.25, -0.2) is 18.3 Å². The van der Waals surface area contributed by atoms with Crippen LogP contribution in [0, 0.1) is 11.8 Å². The fraction of sp³-hybridized carbons (Fsp3) is 0.583. The molecule has 3 N–H and O–H groups in total. The third-order valence-corrected chi connectivity index (χ3v) is 7.29. The predicted octanol–water partition coefficient (Wildman–Crippen LogP) is 3.74. The summed E-state index contributed by atoms with van der Waals surface area (Å²) in [6.45, 7) is 0. The van der Waals surface area contributed by atoms with Crippen LogP contribution in [-0.2, 0) is 4.79 Å². The zero-order valence-corrected chi connectivity index (χ0v) is 20.7. The van der Waals surface area contributed by atoms with E-state index in [0.29, 0.717) is 16.9 Å². The largest absolute Gasteiger partial charge is 0.389 e. The molecule has 2 saturated carbocycles. The lowest BCUT2D eigenvalue weighted by atomic mass is 9.81. The lowest BCUT2D eigenvalue weighted by Crippen LogP contribution is -2.31. The van der Waals surface area contributed by atoms with Gasteiger partial charge in [-0.1, -0.05) is 0 Å². The highest BCUT2D eigenvalue weighted by atomic mass is 19.4. The summed E-state index contributed by atoms with van der Waals surface area (Å²) in [5.41, 5.74) is 6.69. The zero-order valence-electron chi connectivity index (χ0n) is 20.7. The van der Waals surface area contributed by atoms with Crippen molar-refractivity contribution in [3.63, 3.8) is 0 Å². The summed E-state index contributed by atoms with van der Waals surface area (Å²) in [6.07, 6.45) is -0.532. The lowest BCUT2D eigenvalue weighted by Gasteiger charge is -2.32. The molecular weight excluding hydrogens is 527 g/mol. The number of imidazole rings is 1. The number of alkyl halides is 5. The van der Waals surface area contributed by atoms with E-state index in [2.05, 4.69) is 25.6 Å². The topological polar surface area (TPSA) is 133 Å². The van der Waals surface area contributed by atoms with Crippen molar-refractivity contribution >= 4 is 17.5 Å². The number of hydrogen-bond acceptors (Lipinski definition) is 6. The van der Waals surface area contributed by atoms with Crippen molar-refractivity contribution in [3.05, 3.63) is 41.6 Å². The minimum absolute atomic E-state index is 0.0705. The molecule has 210 valence electrons. The van der Waals surface area contributed by atoms with Gasteiger partial charge in [-0.05, 0) is 49.1 Å². The molecule has 0 saturated heterocycles. The molecule has 2 atom stereocenters. The first-order valence-corrected chi connectivity index (χ1v) is 12.7. The van der Waals surface area contributed by atoms with Crippen molar-refractivity contribution in [2.45, 2.75) is 75.5 Å². The average Bonchev–Trinajstić information content (AvgIpc) is 3.42. The Labute approximate surface area is 219 Å². The normalized spacial score (nSPS) is 19.6. The number of rotatable bonds is 9. The Morgan fingerprint density at radius 2 is 1.82 bits per heavy atom. The van der Waals surface area contributed by atoms with Crippen LogP contribution in [0.3, 0.4) is 0 Å². The summed E-state index contributed by atoms with van der Waals surface area (Å²) < 4.78 is 66.9. The highest BCUT2D eigenvalue weighted by molar-refractivity contribution is 5.90. The molecule has 2 aliphatic carbocycles. The van der Waals surface area contributed by atoms with Crippen molar-refractivity contribution < 1.29 is 31.5 Å². The standard InChI is InChI=1S/C24H27F5N8O2/c25-23(26)6-3-14(4-7-23)21(37-32-11-16(35-37)22(30)39)17-12-36-18(33-17)9-15(10-31-36)20(13-1-2-13)34-19(38)5-8-24(27,28)29/h9-14,20-21H,1-8H2,(H2,30,39)(H,34,38)/t20-,21+/m1/s1. The molecular formula is C24H27F5N8O2. The van der Waals surface area contributed by atoms with Gasteiger partial charge in [-0.2, -0.15) is 28.2 Å². The maximum atomic E-state index is 13.9. The molecule has 0 radical (unpaired) electrons. The van der Waals surface area contributed by atoms with Crippen LogP contribution in [0.5, 0.6) is 0 Å². The molecule has 0 aromatic carbocycles. The number of aromatic nitrogens is 6. The van der Waals surface area contributed by atoms with Gasteiger partial charge in [0.05, 0.1) is 36.7 Å². The molecule has 0 spiro atoms. The van der Waals surface area contributed by atoms with E-state index in [1.165, 1.54) is 21.7 Å². The average molecular weight is 555 g/mol. The molecule has 2 amide bonds. The van der Waals surface area contributed by atoms with E-state index in [1.54, 1.807) is 12.3 Å². The number of halogens is 5. The fourth-order valence-corrected chi connectivity index (χ4v) is 5.08. The fourth-order valence-electron chi connectivity index (χ4n) is 5.08. The van der Waals surface area contributed by atoms with Gasteiger partial charge in [0.25, 0.3) is 5.91 Å². The van der Waals surface area contributed by atoms with Crippen LogP contribution in [-0.4, -0.2) is 53.5 Å². The van der Waals surface area contributed by atoms with Crippen molar-refractivity contribution in [1.82, 2.24) is 34.9 Å². The first-order valence-electron chi connectivity index (χ1n) is 12.7. The molecule has 2 fully saturated rings. The van der Waals surface area contributed by atoms with Gasteiger partial charge in [0, 0.05) is 19.3 Å². The van der Waals surface area contributed by atoms with Crippen LogP contribution in [0.1, 0.15) is 85.2 Å². The number of carbonyl (C=O) groups is 2. The van der Waals surface area contributed by atoms with Gasteiger partial charge in [0.15, 0.2) is 11.3 Å². The van der Waals surface area contributed by atoms with Crippen molar-refractivity contribution in [2.75, 3.05) is 0 Å². The monoisotopic (exact) mass is 554 g/mol. The Bertz CT molecular complexity index is 1360. The molecule has 2 aliphatic rings. The van der Waals surface area contributed by atoms with E-state index in [1.807, 2.05) is 0 Å². The highest BCUT2D eigenvalue weighted by Crippen LogP contribution is 2.43. The van der Waals surface area contributed by atoms with Crippen LogP contribution >= 0.6 is 0 Å². The summed E-state index contributed by atoms with van der Waals surface area (Å²) in [5.74, 6) is -4.45. The molecule has 3 aromatic rings. The smallest absolute Gasteiger partial charge is 0.364 e. The van der Waals surface area contributed by atoms with Gasteiger partial charge in [-0.3, -0.25) is 9.59 Å². The second-order valence-corrected chi connectivity index (χ2v) is 10.3. The second kappa shape index (κ2) is 10.2. The number of fused-ring (bicyclic) bond motifs is 1. The Kier molecular flexibility index (Phi) is 7.01. The Balaban J connectivity index is 1.43. The number of nitrogens with one attached hydrogen (secondary N) is 1. The highest BCUT2D eigenvalue weighted by Gasteiger charge is 2.40. The SMILES string of the molecule is NC(=O)c1cnn([C@H](c2cn3ncc([C@H](NC(=O)CCC(F)(F)F)C4CC4)cc3n2)C2CCC(F)(F)CC2)n1.